The zero-order chi connectivity index (χ0) is 20.8. The predicted octanol–water partition coefficient (Wildman–Crippen LogP) is 3.41. The minimum Gasteiger partial charge on any atom is -0.356 e. The monoisotopic (exact) mass is 550 g/mol. The first-order valence-corrected chi connectivity index (χ1v) is 12.0. The molecule has 0 saturated carbocycles. The van der Waals surface area contributed by atoms with E-state index in [2.05, 4.69) is 41.8 Å². The number of guanidine groups is 1. The molecule has 2 rings (SSSR count). The summed E-state index contributed by atoms with van der Waals surface area (Å²) in [6.45, 7) is 7.99. The molecule has 1 aromatic carbocycles. The van der Waals surface area contributed by atoms with Gasteiger partial charge in [0.25, 0.3) is 0 Å². The van der Waals surface area contributed by atoms with Gasteiger partial charge in [-0.15, -0.1) is 35.3 Å². The summed E-state index contributed by atoms with van der Waals surface area (Å²) < 4.78 is 23.0. The third-order valence-electron chi connectivity index (χ3n) is 4.23. The molecule has 0 saturated heterocycles. The summed E-state index contributed by atoms with van der Waals surface area (Å²) in [6, 6.07) is 7.00. The normalized spacial score (nSPS) is 12.4. The van der Waals surface area contributed by atoms with Crippen molar-refractivity contribution in [1.82, 2.24) is 15.6 Å². The second-order valence-electron chi connectivity index (χ2n) is 7.72. The van der Waals surface area contributed by atoms with E-state index in [0.29, 0.717) is 11.4 Å². The highest BCUT2D eigenvalue weighted by Gasteiger charge is 2.17. The van der Waals surface area contributed by atoms with Crippen LogP contribution in [0.1, 0.15) is 37.0 Å². The molecule has 0 aliphatic heterocycles. The van der Waals surface area contributed by atoms with E-state index >= 15 is 0 Å². The molecular weight excluding hydrogens is 519 g/mol. The number of halogens is 1. The van der Waals surface area contributed by atoms with Crippen LogP contribution >= 0.6 is 35.3 Å². The van der Waals surface area contributed by atoms with E-state index in [-0.39, 0.29) is 29.4 Å². The SMILES string of the molecule is CN=C(NCCc1ccc(S(C)(=O)=O)cc1)NCCc1nc(C(C)(C)C)cs1.I. The lowest BCUT2D eigenvalue weighted by molar-refractivity contribution is 0.570. The highest BCUT2D eigenvalue weighted by molar-refractivity contribution is 14.0. The third kappa shape index (κ3) is 8.59. The van der Waals surface area contributed by atoms with Crippen LogP contribution in [0.2, 0.25) is 0 Å². The van der Waals surface area contributed by atoms with Crippen LogP contribution in [-0.2, 0) is 28.1 Å². The number of nitrogens with zero attached hydrogens (tertiary/aromatic N) is 2. The molecule has 0 bridgehead atoms. The number of sulfone groups is 1. The van der Waals surface area contributed by atoms with Gasteiger partial charge in [0.2, 0.25) is 0 Å². The van der Waals surface area contributed by atoms with E-state index in [1.165, 1.54) is 6.26 Å². The Hall–Kier alpha value is -1.20. The van der Waals surface area contributed by atoms with Crippen molar-refractivity contribution in [3.05, 3.63) is 45.9 Å². The van der Waals surface area contributed by atoms with E-state index in [4.69, 9.17) is 4.98 Å². The summed E-state index contributed by atoms with van der Waals surface area (Å²) in [5, 5.41) is 9.85. The van der Waals surface area contributed by atoms with E-state index in [0.717, 1.165) is 41.6 Å². The lowest BCUT2D eigenvalue weighted by Gasteiger charge is -2.14. The molecule has 162 valence electrons. The molecule has 9 heteroatoms. The Morgan fingerprint density at radius 3 is 2.17 bits per heavy atom. The fourth-order valence-electron chi connectivity index (χ4n) is 2.51. The zero-order valence-corrected chi connectivity index (χ0v) is 21.6. The molecule has 0 fully saturated rings. The summed E-state index contributed by atoms with van der Waals surface area (Å²) in [4.78, 5) is 9.29. The Morgan fingerprint density at radius 1 is 1.10 bits per heavy atom. The predicted molar refractivity (Wildman–Crippen MR) is 133 cm³/mol. The number of hydrogen-bond donors (Lipinski definition) is 2. The van der Waals surface area contributed by atoms with Gasteiger partial charge in [0.15, 0.2) is 15.8 Å². The number of thiazole rings is 1. The summed E-state index contributed by atoms with van der Waals surface area (Å²) in [5.41, 5.74) is 2.30. The van der Waals surface area contributed by atoms with Gasteiger partial charge in [0, 0.05) is 43.6 Å². The molecule has 0 spiro atoms. The molecule has 0 amide bonds. The van der Waals surface area contributed by atoms with Gasteiger partial charge in [-0.05, 0) is 24.1 Å². The van der Waals surface area contributed by atoms with Crippen LogP contribution in [0, 0.1) is 0 Å². The van der Waals surface area contributed by atoms with Gasteiger partial charge in [-0.25, -0.2) is 13.4 Å². The van der Waals surface area contributed by atoms with Gasteiger partial charge >= 0.3 is 0 Å². The van der Waals surface area contributed by atoms with Gasteiger partial charge in [0.05, 0.1) is 15.6 Å². The van der Waals surface area contributed by atoms with Crippen molar-refractivity contribution in [2.75, 3.05) is 26.4 Å². The minimum atomic E-state index is -3.15. The first kappa shape index (κ1) is 25.8. The number of nitrogens with one attached hydrogen (secondary N) is 2. The molecule has 2 N–H and O–H groups in total. The summed E-state index contributed by atoms with van der Waals surface area (Å²) in [6.07, 6.45) is 2.86. The lowest BCUT2D eigenvalue weighted by Crippen LogP contribution is -2.39. The molecule has 0 aliphatic carbocycles. The van der Waals surface area contributed by atoms with Crippen molar-refractivity contribution in [1.29, 1.82) is 0 Å². The van der Waals surface area contributed by atoms with Gasteiger partial charge < -0.3 is 10.6 Å². The topological polar surface area (TPSA) is 83.5 Å². The van der Waals surface area contributed by atoms with Gasteiger partial charge in [-0.1, -0.05) is 32.9 Å². The van der Waals surface area contributed by atoms with Crippen molar-refractivity contribution in [3.8, 4) is 0 Å². The van der Waals surface area contributed by atoms with Crippen LogP contribution in [0.5, 0.6) is 0 Å². The number of benzene rings is 1. The number of aliphatic imine (C=N–C) groups is 1. The van der Waals surface area contributed by atoms with Crippen LogP contribution in [0.25, 0.3) is 0 Å². The fourth-order valence-corrected chi connectivity index (χ4v) is 4.16. The Balaban J connectivity index is 0.00000420. The number of hydrogen-bond acceptors (Lipinski definition) is 5. The third-order valence-corrected chi connectivity index (χ3v) is 6.27. The van der Waals surface area contributed by atoms with Crippen LogP contribution in [0.3, 0.4) is 0 Å². The van der Waals surface area contributed by atoms with Crippen LogP contribution in [0.15, 0.2) is 39.5 Å². The van der Waals surface area contributed by atoms with Crippen LogP contribution < -0.4 is 10.6 Å². The largest absolute Gasteiger partial charge is 0.356 e. The van der Waals surface area contributed by atoms with Crippen molar-refractivity contribution in [3.63, 3.8) is 0 Å². The first-order chi connectivity index (χ1) is 13.1. The Morgan fingerprint density at radius 2 is 1.69 bits per heavy atom. The maximum atomic E-state index is 11.5. The maximum absolute atomic E-state index is 11.5. The fraction of sp³-hybridized carbons (Fsp3) is 0.500. The summed E-state index contributed by atoms with van der Waals surface area (Å²) in [5.74, 6) is 0.750. The second kappa shape index (κ2) is 11.3. The number of rotatable bonds is 7. The highest BCUT2D eigenvalue weighted by atomic mass is 127. The molecule has 29 heavy (non-hydrogen) atoms. The van der Waals surface area contributed by atoms with Crippen molar-refractivity contribution in [2.24, 2.45) is 4.99 Å². The molecule has 0 aliphatic rings. The maximum Gasteiger partial charge on any atom is 0.191 e. The van der Waals surface area contributed by atoms with E-state index in [9.17, 15) is 8.42 Å². The van der Waals surface area contributed by atoms with Crippen molar-refractivity contribution >= 4 is 51.1 Å². The van der Waals surface area contributed by atoms with Crippen molar-refractivity contribution < 1.29 is 8.42 Å². The standard InChI is InChI=1S/C20H30N4O2S2.HI/c1-20(2,3)17-14-27-18(24-17)11-13-23-19(21-4)22-12-10-15-6-8-16(9-7-15)28(5,25)26;/h6-9,14H,10-13H2,1-5H3,(H2,21,22,23);1H. The van der Waals surface area contributed by atoms with Gasteiger partial charge in [-0.2, -0.15) is 0 Å². The van der Waals surface area contributed by atoms with E-state index < -0.39 is 9.84 Å². The quantitative estimate of drug-likeness (QED) is 0.314. The smallest absolute Gasteiger partial charge is 0.191 e. The average molecular weight is 551 g/mol. The van der Waals surface area contributed by atoms with Gasteiger partial charge in [-0.3, -0.25) is 4.99 Å². The molecule has 1 heterocycles. The Labute approximate surface area is 195 Å². The molecule has 1 aromatic heterocycles. The molecule has 0 radical (unpaired) electrons. The molecule has 6 nitrogen and oxygen atoms in total. The van der Waals surface area contributed by atoms with Crippen LogP contribution in [-0.4, -0.2) is 45.8 Å². The second-order valence-corrected chi connectivity index (χ2v) is 10.7. The number of aromatic nitrogens is 1. The van der Waals surface area contributed by atoms with E-state index in [1.807, 2.05) is 12.1 Å². The Bertz CT molecular complexity index is 901. The highest BCUT2D eigenvalue weighted by Crippen LogP contribution is 2.23. The zero-order valence-electron chi connectivity index (χ0n) is 17.7. The van der Waals surface area contributed by atoms with Crippen LogP contribution in [0.4, 0.5) is 0 Å². The first-order valence-electron chi connectivity index (χ1n) is 9.28. The van der Waals surface area contributed by atoms with Gasteiger partial charge in [0.1, 0.15) is 0 Å². The summed E-state index contributed by atoms with van der Waals surface area (Å²) in [7, 11) is -1.40. The summed E-state index contributed by atoms with van der Waals surface area (Å²) >= 11 is 1.70. The van der Waals surface area contributed by atoms with Crippen molar-refractivity contribution in [2.45, 2.75) is 43.9 Å². The molecule has 0 atom stereocenters. The molecule has 0 unspecified atom stereocenters. The lowest BCUT2D eigenvalue weighted by atomic mass is 9.93. The molecule has 2 aromatic rings. The molecular formula is C20H31IN4O2S2. The minimum absolute atomic E-state index is 0. The van der Waals surface area contributed by atoms with E-state index in [1.54, 1.807) is 30.5 Å². The Kier molecular flexibility index (Phi) is 10.0. The average Bonchev–Trinajstić information content (AvgIpc) is 3.09.